The van der Waals surface area contributed by atoms with Crippen LogP contribution in [0.1, 0.15) is 33.9 Å². The zero-order chi connectivity index (χ0) is 24.0. The van der Waals surface area contributed by atoms with E-state index in [2.05, 4.69) is 26.9 Å². The first kappa shape index (κ1) is 21.0. The number of phenols is 2. The van der Waals surface area contributed by atoms with E-state index in [1.807, 2.05) is 27.1 Å². The summed E-state index contributed by atoms with van der Waals surface area (Å²) in [6.07, 6.45) is 3.11. The number of likely N-dealkylation sites (N-methyl/N-ethyl adjacent to an activating group) is 1. The number of nitrogens with zero attached hydrogens (tertiary/aromatic N) is 3. The smallest absolute Gasteiger partial charge is 0.163 e. The van der Waals surface area contributed by atoms with E-state index in [0.29, 0.717) is 29.9 Å². The molecule has 0 amide bonds. The fourth-order valence-electron chi connectivity index (χ4n) is 6.83. The quantitative estimate of drug-likeness (QED) is 0.538. The van der Waals surface area contributed by atoms with Gasteiger partial charge in [-0.1, -0.05) is 6.07 Å². The van der Waals surface area contributed by atoms with E-state index in [1.165, 1.54) is 0 Å². The topological polar surface area (TPSA) is 105 Å². The number of H-pyrrole nitrogens is 1. The summed E-state index contributed by atoms with van der Waals surface area (Å²) in [6, 6.07) is 3.91. The van der Waals surface area contributed by atoms with Gasteiger partial charge in [-0.25, -0.2) is 0 Å². The first-order valence-electron chi connectivity index (χ1n) is 11.5. The number of ether oxygens (including phenoxy) is 2. The Morgan fingerprint density at radius 1 is 1.09 bits per heavy atom. The fraction of sp³-hybridized carbons (Fsp3) is 0.423. The van der Waals surface area contributed by atoms with Gasteiger partial charge in [0.1, 0.15) is 17.5 Å². The molecule has 3 aromatic rings. The zero-order valence-corrected chi connectivity index (χ0v) is 19.9. The summed E-state index contributed by atoms with van der Waals surface area (Å²) in [6.45, 7) is 3.79. The maximum atomic E-state index is 11.3. The number of rotatable bonds is 2. The molecule has 8 nitrogen and oxygen atoms in total. The van der Waals surface area contributed by atoms with Crippen LogP contribution in [0.15, 0.2) is 12.3 Å². The molecule has 2 aromatic carbocycles. The second-order valence-corrected chi connectivity index (χ2v) is 9.69. The number of anilines is 1. The van der Waals surface area contributed by atoms with E-state index >= 15 is 0 Å². The van der Waals surface area contributed by atoms with Crippen LogP contribution in [-0.4, -0.2) is 59.5 Å². The van der Waals surface area contributed by atoms with Gasteiger partial charge < -0.3 is 29.6 Å². The summed E-state index contributed by atoms with van der Waals surface area (Å²) in [5, 5.41) is 33.8. The molecule has 1 fully saturated rings. The van der Waals surface area contributed by atoms with Crippen LogP contribution in [0.2, 0.25) is 0 Å². The Bertz CT molecular complexity index is 1400. The number of aryl methyl sites for hydroxylation is 1. The number of piperazine rings is 1. The summed E-state index contributed by atoms with van der Waals surface area (Å²) in [7, 11) is 5.21. The first-order chi connectivity index (χ1) is 16.3. The van der Waals surface area contributed by atoms with Crippen LogP contribution in [0.4, 0.5) is 5.69 Å². The highest BCUT2D eigenvalue weighted by Gasteiger charge is 2.53. The van der Waals surface area contributed by atoms with Gasteiger partial charge in [-0.05, 0) is 44.9 Å². The molecule has 3 aliphatic rings. The predicted octanol–water partition coefficient (Wildman–Crippen LogP) is 3.45. The van der Waals surface area contributed by atoms with E-state index in [-0.39, 0.29) is 35.7 Å². The van der Waals surface area contributed by atoms with Crippen LogP contribution in [-0.2, 0) is 12.8 Å². The number of hydrogen-bond acceptors (Lipinski definition) is 7. The van der Waals surface area contributed by atoms with Gasteiger partial charge in [0.2, 0.25) is 0 Å². The van der Waals surface area contributed by atoms with Crippen LogP contribution in [0.25, 0.3) is 10.9 Å². The predicted molar refractivity (Wildman–Crippen MR) is 128 cm³/mol. The molecule has 0 aliphatic carbocycles. The van der Waals surface area contributed by atoms with Gasteiger partial charge >= 0.3 is 0 Å². The lowest BCUT2D eigenvalue weighted by Crippen LogP contribution is -2.67. The summed E-state index contributed by atoms with van der Waals surface area (Å²) in [5.74, 6) is 1.50. The van der Waals surface area contributed by atoms with Crippen molar-refractivity contribution in [3.05, 3.63) is 40.1 Å². The molecule has 0 saturated carbocycles. The van der Waals surface area contributed by atoms with Crippen LogP contribution >= 0.6 is 0 Å². The molecule has 4 heterocycles. The molecule has 176 valence electrons. The summed E-state index contributed by atoms with van der Waals surface area (Å²) in [5.41, 5.74) is 6.06. The van der Waals surface area contributed by atoms with Gasteiger partial charge in [0, 0.05) is 34.3 Å². The molecule has 0 spiro atoms. The summed E-state index contributed by atoms with van der Waals surface area (Å²) in [4.78, 5) is 7.78. The molecule has 0 radical (unpaired) electrons. The van der Waals surface area contributed by atoms with Crippen LogP contribution in [0, 0.1) is 25.2 Å². The van der Waals surface area contributed by atoms with Crippen molar-refractivity contribution in [2.75, 3.05) is 26.2 Å². The third-order valence-corrected chi connectivity index (χ3v) is 8.24. The van der Waals surface area contributed by atoms with Gasteiger partial charge in [0.05, 0.1) is 43.6 Å². The Morgan fingerprint density at radius 2 is 1.82 bits per heavy atom. The van der Waals surface area contributed by atoms with Crippen molar-refractivity contribution in [1.82, 2.24) is 9.88 Å². The van der Waals surface area contributed by atoms with E-state index in [4.69, 9.17) is 9.47 Å². The second kappa shape index (κ2) is 6.97. The molecule has 3 N–H and O–H groups in total. The number of aromatic amines is 1. The number of aromatic hydroxyl groups is 2. The number of methoxy groups -OCH3 is 2. The second-order valence-electron chi connectivity index (χ2n) is 9.69. The van der Waals surface area contributed by atoms with Gasteiger partial charge in [-0.3, -0.25) is 4.90 Å². The van der Waals surface area contributed by atoms with E-state index in [0.717, 1.165) is 38.8 Å². The van der Waals surface area contributed by atoms with Crippen molar-refractivity contribution >= 4 is 16.6 Å². The summed E-state index contributed by atoms with van der Waals surface area (Å²) < 4.78 is 11.2. The Kier molecular flexibility index (Phi) is 4.30. The van der Waals surface area contributed by atoms with E-state index in [1.54, 1.807) is 14.2 Å². The number of benzene rings is 2. The molecule has 8 heteroatoms. The monoisotopic (exact) mass is 460 g/mol. The van der Waals surface area contributed by atoms with Crippen molar-refractivity contribution in [3.8, 4) is 29.1 Å². The maximum absolute atomic E-state index is 11.3. The molecule has 2 bridgehead atoms. The highest BCUT2D eigenvalue weighted by atomic mass is 16.5. The van der Waals surface area contributed by atoms with Crippen molar-refractivity contribution in [1.29, 1.82) is 5.26 Å². The number of hydrogen-bond donors (Lipinski definition) is 3. The fourth-order valence-corrected chi connectivity index (χ4v) is 6.83. The lowest BCUT2D eigenvalue weighted by molar-refractivity contribution is 0.0759. The third-order valence-electron chi connectivity index (χ3n) is 8.24. The van der Waals surface area contributed by atoms with Crippen molar-refractivity contribution in [3.63, 3.8) is 0 Å². The first-order valence-corrected chi connectivity index (χ1v) is 11.5. The lowest BCUT2D eigenvalue weighted by atomic mass is 9.73. The SMILES string of the molecule is COc1c(C)cc2c(c1O)[C@@H]1[C@@H]3Cc4c(O)c(C)c(OC)c5[nH]cc(c45)N3[C@@H](C#N)[C@H](C2)N1C. The Hall–Kier alpha value is -3.57. The minimum atomic E-state index is -0.384. The molecule has 0 unspecified atom stereocenters. The number of aromatic nitrogens is 1. The van der Waals surface area contributed by atoms with Gasteiger partial charge in [0.25, 0.3) is 0 Å². The van der Waals surface area contributed by atoms with E-state index < -0.39 is 0 Å². The largest absolute Gasteiger partial charge is 0.507 e. The van der Waals surface area contributed by atoms with Crippen molar-refractivity contribution in [2.45, 2.75) is 50.9 Å². The number of phenolic OH excluding ortho intramolecular Hbond substituents is 2. The van der Waals surface area contributed by atoms with E-state index in [9.17, 15) is 15.5 Å². The van der Waals surface area contributed by atoms with Crippen LogP contribution in [0.3, 0.4) is 0 Å². The molecule has 4 atom stereocenters. The normalized spacial score (nSPS) is 25.0. The Labute approximate surface area is 197 Å². The standard InChI is InChI=1S/C26H28N4O4/c1-11-6-13-7-15-17(9-27)30-16(22(29(15)3)19(13)24(32)25(11)33-4)8-14-20-18(30)10-28-21(20)26(34-5)12(2)23(14)31/h6,10,15-17,22,28,31-32H,7-8H2,1-5H3/t15-,16-,17-,22-/m0/s1. The molecule has 1 saturated heterocycles. The Morgan fingerprint density at radius 3 is 2.50 bits per heavy atom. The highest BCUT2D eigenvalue weighted by molar-refractivity contribution is 6.03. The maximum Gasteiger partial charge on any atom is 0.163 e. The average Bonchev–Trinajstić information content (AvgIpc) is 3.24. The molecular formula is C26H28N4O4. The minimum absolute atomic E-state index is 0.0432. The molecule has 3 aliphatic heterocycles. The number of nitriles is 1. The van der Waals surface area contributed by atoms with Crippen molar-refractivity contribution in [2.24, 2.45) is 0 Å². The van der Waals surface area contributed by atoms with Gasteiger partial charge in [-0.15, -0.1) is 0 Å². The molecule has 6 rings (SSSR count). The van der Waals surface area contributed by atoms with Gasteiger partial charge in [-0.2, -0.15) is 5.26 Å². The highest BCUT2D eigenvalue weighted by Crippen LogP contribution is 2.55. The molecular weight excluding hydrogens is 432 g/mol. The van der Waals surface area contributed by atoms with Crippen LogP contribution in [0.5, 0.6) is 23.0 Å². The molecule has 34 heavy (non-hydrogen) atoms. The number of nitrogens with one attached hydrogen (secondary N) is 1. The average molecular weight is 461 g/mol. The zero-order valence-electron chi connectivity index (χ0n) is 19.9. The van der Waals surface area contributed by atoms with Crippen molar-refractivity contribution < 1.29 is 19.7 Å². The molecule has 1 aromatic heterocycles. The minimum Gasteiger partial charge on any atom is -0.507 e. The Balaban J connectivity index is 1.63. The number of fused-ring (bicyclic) bond motifs is 7. The lowest BCUT2D eigenvalue weighted by Gasteiger charge is -2.58. The summed E-state index contributed by atoms with van der Waals surface area (Å²) >= 11 is 0. The third kappa shape index (κ3) is 2.35. The van der Waals surface area contributed by atoms with Gasteiger partial charge in [0.15, 0.2) is 11.5 Å². The van der Waals surface area contributed by atoms with Crippen LogP contribution < -0.4 is 14.4 Å².